The second-order valence-electron chi connectivity index (χ2n) is 5.26. The molecule has 1 N–H and O–H groups in total. The maximum Gasteiger partial charge on any atom is 0.226 e. The molecule has 3 nitrogen and oxygen atoms in total. The Labute approximate surface area is 119 Å². The number of carbonyl (C=O) groups excluding carboxylic acids is 1. The summed E-state index contributed by atoms with van der Waals surface area (Å²) < 4.78 is 0. The minimum absolute atomic E-state index is 0.159. The molecule has 1 heterocycles. The zero-order valence-electron chi connectivity index (χ0n) is 11.2. The van der Waals surface area contributed by atoms with E-state index in [0.29, 0.717) is 17.4 Å². The Balaban J connectivity index is 1.86. The smallest absolute Gasteiger partial charge is 0.226 e. The SMILES string of the molecule is CC(O)C1CCN(C(=O)Cc2ccc(Cl)cc2)CC1. The van der Waals surface area contributed by atoms with Gasteiger partial charge in [0.05, 0.1) is 12.5 Å². The van der Waals surface area contributed by atoms with Gasteiger partial charge in [-0.15, -0.1) is 0 Å². The first-order chi connectivity index (χ1) is 9.06. The molecule has 0 aliphatic carbocycles. The fourth-order valence-corrected chi connectivity index (χ4v) is 2.65. The van der Waals surface area contributed by atoms with Crippen molar-refractivity contribution >= 4 is 17.5 Å². The average molecular weight is 282 g/mol. The lowest BCUT2D eigenvalue weighted by atomic mass is 9.92. The Morgan fingerprint density at radius 1 is 1.37 bits per heavy atom. The van der Waals surface area contributed by atoms with Gasteiger partial charge in [0.25, 0.3) is 0 Å². The average Bonchev–Trinajstić information content (AvgIpc) is 2.41. The molecule has 1 amide bonds. The molecule has 0 bridgehead atoms. The number of likely N-dealkylation sites (tertiary alicyclic amines) is 1. The summed E-state index contributed by atoms with van der Waals surface area (Å²) in [4.78, 5) is 14.1. The maximum atomic E-state index is 12.2. The van der Waals surface area contributed by atoms with E-state index in [0.717, 1.165) is 31.5 Å². The molecular formula is C15H20ClNO2. The summed E-state index contributed by atoms with van der Waals surface area (Å²) in [7, 11) is 0. The van der Waals surface area contributed by atoms with Crippen LogP contribution in [0, 0.1) is 5.92 Å². The lowest BCUT2D eigenvalue weighted by Gasteiger charge is -2.33. The Morgan fingerprint density at radius 3 is 2.47 bits per heavy atom. The number of amides is 1. The topological polar surface area (TPSA) is 40.5 Å². The quantitative estimate of drug-likeness (QED) is 0.925. The largest absolute Gasteiger partial charge is 0.393 e. The standard InChI is InChI=1S/C15H20ClNO2/c1-11(18)13-6-8-17(9-7-13)15(19)10-12-2-4-14(16)5-3-12/h2-5,11,13,18H,6-10H2,1H3. The van der Waals surface area contributed by atoms with Crippen LogP contribution in [0.2, 0.25) is 5.02 Å². The predicted molar refractivity (Wildman–Crippen MR) is 76.1 cm³/mol. The summed E-state index contributed by atoms with van der Waals surface area (Å²) in [6.45, 7) is 3.33. The monoisotopic (exact) mass is 281 g/mol. The van der Waals surface area contributed by atoms with Crippen molar-refractivity contribution in [2.24, 2.45) is 5.92 Å². The Morgan fingerprint density at radius 2 is 1.95 bits per heavy atom. The first-order valence-electron chi connectivity index (χ1n) is 6.76. The van der Waals surface area contributed by atoms with E-state index in [1.165, 1.54) is 0 Å². The van der Waals surface area contributed by atoms with Crippen LogP contribution in [0.25, 0.3) is 0 Å². The van der Waals surface area contributed by atoms with E-state index in [9.17, 15) is 9.90 Å². The molecule has 1 unspecified atom stereocenters. The van der Waals surface area contributed by atoms with E-state index in [1.54, 1.807) is 0 Å². The summed E-state index contributed by atoms with van der Waals surface area (Å²) in [6, 6.07) is 7.40. The van der Waals surface area contributed by atoms with Gasteiger partial charge in [0.15, 0.2) is 0 Å². The third-order valence-corrected chi connectivity index (χ3v) is 4.10. The Kier molecular flexibility index (Phi) is 4.83. The van der Waals surface area contributed by atoms with Gasteiger partial charge in [0.2, 0.25) is 5.91 Å². The Hall–Kier alpha value is -1.06. The van der Waals surface area contributed by atoms with Gasteiger partial charge in [0, 0.05) is 18.1 Å². The van der Waals surface area contributed by atoms with Crippen molar-refractivity contribution in [3.63, 3.8) is 0 Å². The second kappa shape index (κ2) is 6.40. The molecule has 0 aromatic heterocycles. The molecular weight excluding hydrogens is 262 g/mol. The number of piperidine rings is 1. The van der Waals surface area contributed by atoms with Crippen molar-refractivity contribution < 1.29 is 9.90 Å². The highest BCUT2D eigenvalue weighted by molar-refractivity contribution is 6.30. The third kappa shape index (κ3) is 3.95. The highest BCUT2D eigenvalue weighted by Crippen LogP contribution is 2.21. The van der Waals surface area contributed by atoms with E-state index in [4.69, 9.17) is 11.6 Å². The fourth-order valence-electron chi connectivity index (χ4n) is 2.52. The molecule has 1 fully saturated rings. The molecule has 0 radical (unpaired) electrons. The van der Waals surface area contributed by atoms with E-state index < -0.39 is 0 Å². The van der Waals surface area contributed by atoms with Crippen molar-refractivity contribution in [1.82, 2.24) is 4.90 Å². The van der Waals surface area contributed by atoms with Crippen LogP contribution in [-0.2, 0) is 11.2 Å². The molecule has 1 aromatic carbocycles. The summed E-state index contributed by atoms with van der Waals surface area (Å²) in [5.41, 5.74) is 0.993. The van der Waals surface area contributed by atoms with Crippen LogP contribution in [0.5, 0.6) is 0 Å². The lowest BCUT2D eigenvalue weighted by Crippen LogP contribution is -2.41. The van der Waals surface area contributed by atoms with Gasteiger partial charge in [-0.1, -0.05) is 23.7 Å². The molecule has 19 heavy (non-hydrogen) atoms. The van der Waals surface area contributed by atoms with Crippen LogP contribution in [0.4, 0.5) is 0 Å². The molecule has 104 valence electrons. The number of hydrogen-bond donors (Lipinski definition) is 1. The van der Waals surface area contributed by atoms with Crippen LogP contribution in [-0.4, -0.2) is 35.1 Å². The summed E-state index contributed by atoms with van der Waals surface area (Å²) in [5.74, 6) is 0.492. The van der Waals surface area contributed by atoms with E-state index >= 15 is 0 Å². The molecule has 1 saturated heterocycles. The zero-order chi connectivity index (χ0) is 13.8. The van der Waals surface area contributed by atoms with Gasteiger partial charge in [-0.25, -0.2) is 0 Å². The molecule has 1 aliphatic rings. The summed E-state index contributed by atoms with van der Waals surface area (Å²) in [5, 5.41) is 10.2. The fraction of sp³-hybridized carbons (Fsp3) is 0.533. The van der Waals surface area contributed by atoms with Crippen molar-refractivity contribution in [2.45, 2.75) is 32.3 Å². The number of aliphatic hydroxyl groups excluding tert-OH is 1. The van der Waals surface area contributed by atoms with Crippen LogP contribution in [0.15, 0.2) is 24.3 Å². The number of aliphatic hydroxyl groups is 1. The third-order valence-electron chi connectivity index (χ3n) is 3.84. The van der Waals surface area contributed by atoms with Crippen LogP contribution in [0.3, 0.4) is 0 Å². The van der Waals surface area contributed by atoms with E-state index in [2.05, 4.69) is 0 Å². The number of hydrogen-bond acceptors (Lipinski definition) is 2. The molecule has 1 aromatic rings. The van der Waals surface area contributed by atoms with Crippen molar-refractivity contribution in [1.29, 1.82) is 0 Å². The number of halogens is 1. The molecule has 1 aliphatic heterocycles. The molecule has 0 spiro atoms. The highest BCUT2D eigenvalue weighted by Gasteiger charge is 2.25. The lowest BCUT2D eigenvalue weighted by molar-refractivity contribution is -0.132. The second-order valence-corrected chi connectivity index (χ2v) is 5.70. The predicted octanol–water partition coefficient (Wildman–Crippen LogP) is 2.50. The van der Waals surface area contributed by atoms with Crippen molar-refractivity contribution in [3.8, 4) is 0 Å². The van der Waals surface area contributed by atoms with Crippen molar-refractivity contribution in [3.05, 3.63) is 34.9 Å². The van der Waals surface area contributed by atoms with Gasteiger partial charge >= 0.3 is 0 Å². The Bertz CT molecular complexity index is 422. The summed E-state index contributed by atoms with van der Waals surface area (Å²) in [6.07, 6.45) is 1.94. The number of nitrogens with zero attached hydrogens (tertiary/aromatic N) is 1. The first kappa shape index (κ1) is 14.4. The minimum atomic E-state index is -0.270. The van der Waals surface area contributed by atoms with E-state index in [-0.39, 0.29) is 12.0 Å². The summed E-state index contributed by atoms with van der Waals surface area (Å²) >= 11 is 5.82. The van der Waals surface area contributed by atoms with Gasteiger partial charge in [-0.05, 0) is 43.4 Å². The van der Waals surface area contributed by atoms with Gasteiger partial charge < -0.3 is 10.0 Å². The first-order valence-corrected chi connectivity index (χ1v) is 7.14. The van der Waals surface area contributed by atoms with Gasteiger partial charge in [0.1, 0.15) is 0 Å². The van der Waals surface area contributed by atoms with Crippen molar-refractivity contribution in [2.75, 3.05) is 13.1 Å². The molecule has 2 rings (SSSR count). The van der Waals surface area contributed by atoms with Crippen LogP contribution >= 0.6 is 11.6 Å². The molecule has 1 atom stereocenters. The number of rotatable bonds is 3. The zero-order valence-corrected chi connectivity index (χ0v) is 11.9. The van der Waals surface area contributed by atoms with Gasteiger partial charge in [-0.2, -0.15) is 0 Å². The number of carbonyl (C=O) groups is 1. The highest BCUT2D eigenvalue weighted by atomic mass is 35.5. The molecule has 4 heteroatoms. The molecule has 0 saturated carbocycles. The van der Waals surface area contributed by atoms with Crippen LogP contribution in [0.1, 0.15) is 25.3 Å². The minimum Gasteiger partial charge on any atom is -0.393 e. The van der Waals surface area contributed by atoms with Gasteiger partial charge in [-0.3, -0.25) is 4.79 Å². The number of benzene rings is 1. The normalized spacial score (nSPS) is 18.4. The van der Waals surface area contributed by atoms with Crippen LogP contribution < -0.4 is 0 Å². The maximum absolute atomic E-state index is 12.2. The van der Waals surface area contributed by atoms with E-state index in [1.807, 2.05) is 36.1 Å².